The number of hydrogen-bond donors (Lipinski definition) is 2. The van der Waals surface area contributed by atoms with Gasteiger partial charge in [0.2, 0.25) is 5.95 Å². The van der Waals surface area contributed by atoms with Crippen molar-refractivity contribution in [2.24, 2.45) is 12.8 Å². The molecule has 3 heterocycles. The molecular weight excluding hydrogens is 429 g/mol. The topological polar surface area (TPSA) is 114 Å². The predicted octanol–water partition coefficient (Wildman–Crippen LogP) is 1.94. The zero-order valence-electron chi connectivity index (χ0n) is 17.1. The minimum absolute atomic E-state index is 0.0326. The standard InChI is InChI=1S/C20H21ClFN5O4/c1-27-18-9(6-24-20(26-18)25-12-8-31-7-11(12)23)4-10(19(27)28)15-16(21)13(29-2)5-14(30-3)17(15)22/h4-6,11-12H,7-8,23H2,1-3H3,(H,24,25,26). The molecule has 0 radical (unpaired) electrons. The Morgan fingerprint density at radius 2 is 2.03 bits per heavy atom. The fraction of sp³-hybridized carbons (Fsp3) is 0.350. The summed E-state index contributed by atoms with van der Waals surface area (Å²) in [6.45, 7) is 0.888. The maximum absolute atomic E-state index is 15.1. The van der Waals surface area contributed by atoms with Gasteiger partial charge in [-0.05, 0) is 6.07 Å². The lowest BCUT2D eigenvalue weighted by Crippen LogP contribution is -2.39. The lowest BCUT2D eigenvalue weighted by Gasteiger charge is -2.17. The molecule has 1 aliphatic rings. The highest BCUT2D eigenvalue weighted by Gasteiger charge is 2.26. The number of pyridine rings is 1. The predicted molar refractivity (Wildman–Crippen MR) is 114 cm³/mol. The van der Waals surface area contributed by atoms with Gasteiger partial charge in [0.1, 0.15) is 11.4 Å². The lowest BCUT2D eigenvalue weighted by molar-refractivity contribution is 0.192. The summed E-state index contributed by atoms with van der Waals surface area (Å²) >= 11 is 6.35. The molecule has 3 N–H and O–H groups in total. The van der Waals surface area contributed by atoms with Crippen LogP contribution >= 0.6 is 11.6 Å². The summed E-state index contributed by atoms with van der Waals surface area (Å²) in [4.78, 5) is 21.9. The molecule has 4 rings (SSSR count). The zero-order valence-corrected chi connectivity index (χ0v) is 17.9. The number of methoxy groups -OCH3 is 2. The van der Waals surface area contributed by atoms with E-state index in [4.69, 9.17) is 31.5 Å². The van der Waals surface area contributed by atoms with Gasteiger partial charge in [-0.1, -0.05) is 11.6 Å². The molecule has 0 amide bonds. The van der Waals surface area contributed by atoms with Crippen LogP contribution in [-0.4, -0.2) is 54.1 Å². The number of ether oxygens (including phenoxy) is 3. The van der Waals surface area contributed by atoms with E-state index < -0.39 is 11.4 Å². The number of halogens is 2. The number of nitrogens with zero attached hydrogens (tertiary/aromatic N) is 3. The molecule has 1 saturated heterocycles. The number of rotatable bonds is 5. The minimum atomic E-state index is -0.765. The van der Waals surface area contributed by atoms with Gasteiger partial charge >= 0.3 is 0 Å². The normalized spacial score (nSPS) is 18.4. The van der Waals surface area contributed by atoms with Crippen molar-refractivity contribution < 1.29 is 18.6 Å². The van der Waals surface area contributed by atoms with E-state index >= 15 is 4.39 Å². The first kappa shape index (κ1) is 21.3. The monoisotopic (exact) mass is 449 g/mol. The summed E-state index contributed by atoms with van der Waals surface area (Å²) in [5, 5.41) is 3.61. The van der Waals surface area contributed by atoms with E-state index in [1.807, 2.05) is 0 Å². The van der Waals surface area contributed by atoms with Crippen molar-refractivity contribution >= 4 is 28.6 Å². The highest BCUT2D eigenvalue weighted by Crippen LogP contribution is 2.41. The van der Waals surface area contributed by atoms with Crippen molar-refractivity contribution in [2.75, 3.05) is 32.8 Å². The van der Waals surface area contributed by atoms with Gasteiger partial charge in [0.15, 0.2) is 11.6 Å². The molecule has 1 aliphatic heterocycles. The molecule has 0 bridgehead atoms. The quantitative estimate of drug-likeness (QED) is 0.607. The van der Waals surface area contributed by atoms with Crippen molar-refractivity contribution in [3.63, 3.8) is 0 Å². The van der Waals surface area contributed by atoms with E-state index in [0.717, 1.165) is 0 Å². The first-order valence-corrected chi connectivity index (χ1v) is 9.80. The number of aromatic nitrogens is 3. The third-order valence-electron chi connectivity index (χ3n) is 5.23. The van der Waals surface area contributed by atoms with Crippen molar-refractivity contribution in [3.05, 3.63) is 39.5 Å². The summed E-state index contributed by atoms with van der Waals surface area (Å²) in [7, 11) is 4.25. The second-order valence-electron chi connectivity index (χ2n) is 7.13. The Kier molecular flexibility index (Phi) is 5.69. The SMILES string of the molecule is COc1cc(OC)c(Cl)c(-c2cc3cnc(NC4COCC4N)nc3n(C)c2=O)c1F. The van der Waals surface area contributed by atoms with Gasteiger partial charge in [0.05, 0.1) is 50.1 Å². The van der Waals surface area contributed by atoms with Crippen molar-refractivity contribution in [1.82, 2.24) is 14.5 Å². The maximum Gasteiger partial charge on any atom is 0.259 e. The molecule has 2 unspecified atom stereocenters. The van der Waals surface area contributed by atoms with Crippen LogP contribution < -0.4 is 26.1 Å². The summed E-state index contributed by atoms with van der Waals surface area (Å²) in [5.41, 5.74) is 5.78. The van der Waals surface area contributed by atoms with Gasteiger partial charge in [-0.3, -0.25) is 9.36 Å². The van der Waals surface area contributed by atoms with Gasteiger partial charge < -0.3 is 25.3 Å². The summed E-state index contributed by atoms with van der Waals surface area (Å²) in [6, 6.07) is 2.50. The van der Waals surface area contributed by atoms with Crippen LogP contribution in [0.3, 0.4) is 0 Å². The number of nitrogens with two attached hydrogens (primary N) is 1. The average Bonchev–Trinajstić information content (AvgIpc) is 3.16. The van der Waals surface area contributed by atoms with E-state index in [1.54, 1.807) is 7.05 Å². The number of aryl methyl sites for hydroxylation is 1. The molecule has 2 atom stereocenters. The number of nitrogens with one attached hydrogen (secondary N) is 1. The van der Waals surface area contributed by atoms with Crippen LogP contribution in [0.5, 0.6) is 11.5 Å². The van der Waals surface area contributed by atoms with Crippen LogP contribution in [0.1, 0.15) is 0 Å². The number of benzene rings is 1. The van der Waals surface area contributed by atoms with Gasteiger partial charge in [-0.2, -0.15) is 4.98 Å². The molecule has 2 aromatic heterocycles. The van der Waals surface area contributed by atoms with Crippen LogP contribution in [0.25, 0.3) is 22.2 Å². The van der Waals surface area contributed by atoms with E-state index in [0.29, 0.717) is 30.2 Å². The Bertz CT molecular complexity index is 1190. The molecule has 1 aromatic carbocycles. The second-order valence-corrected chi connectivity index (χ2v) is 7.51. The Morgan fingerprint density at radius 3 is 2.68 bits per heavy atom. The van der Waals surface area contributed by atoms with Crippen LogP contribution in [0.4, 0.5) is 10.3 Å². The molecule has 31 heavy (non-hydrogen) atoms. The fourth-order valence-electron chi connectivity index (χ4n) is 3.50. The van der Waals surface area contributed by atoms with Gasteiger partial charge in [-0.15, -0.1) is 0 Å². The van der Waals surface area contributed by atoms with Gasteiger partial charge in [-0.25, -0.2) is 9.37 Å². The van der Waals surface area contributed by atoms with E-state index in [2.05, 4.69) is 15.3 Å². The van der Waals surface area contributed by atoms with Crippen molar-refractivity contribution in [2.45, 2.75) is 12.1 Å². The van der Waals surface area contributed by atoms with E-state index in [9.17, 15) is 4.79 Å². The third-order valence-corrected chi connectivity index (χ3v) is 5.61. The number of hydrogen-bond acceptors (Lipinski definition) is 8. The molecular formula is C20H21ClFN5O4. The smallest absolute Gasteiger partial charge is 0.259 e. The minimum Gasteiger partial charge on any atom is -0.495 e. The largest absolute Gasteiger partial charge is 0.495 e. The Hall–Kier alpha value is -2.95. The fourth-order valence-corrected chi connectivity index (χ4v) is 3.82. The van der Waals surface area contributed by atoms with Crippen LogP contribution in [0, 0.1) is 5.82 Å². The lowest BCUT2D eigenvalue weighted by atomic mass is 10.0. The Morgan fingerprint density at radius 1 is 1.29 bits per heavy atom. The van der Waals surface area contributed by atoms with Gasteiger partial charge in [0, 0.05) is 30.3 Å². The molecule has 9 nitrogen and oxygen atoms in total. The summed E-state index contributed by atoms with van der Waals surface area (Å²) in [6.07, 6.45) is 1.54. The van der Waals surface area contributed by atoms with Gasteiger partial charge in [0.25, 0.3) is 5.56 Å². The molecule has 1 fully saturated rings. The van der Waals surface area contributed by atoms with Crippen LogP contribution in [-0.2, 0) is 11.8 Å². The Balaban J connectivity index is 1.85. The zero-order chi connectivity index (χ0) is 22.3. The first-order valence-electron chi connectivity index (χ1n) is 9.42. The number of fused-ring (bicyclic) bond motifs is 1. The average molecular weight is 450 g/mol. The van der Waals surface area contributed by atoms with E-state index in [-0.39, 0.29) is 39.7 Å². The summed E-state index contributed by atoms with van der Waals surface area (Å²) in [5.74, 6) is -0.361. The number of anilines is 1. The first-order chi connectivity index (χ1) is 14.8. The molecule has 0 aliphatic carbocycles. The third kappa shape index (κ3) is 3.67. The molecule has 3 aromatic rings. The highest BCUT2D eigenvalue weighted by molar-refractivity contribution is 6.35. The van der Waals surface area contributed by atoms with Crippen molar-refractivity contribution in [1.29, 1.82) is 0 Å². The van der Waals surface area contributed by atoms with E-state index in [1.165, 1.54) is 37.1 Å². The molecule has 0 saturated carbocycles. The van der Waals surface area contributed by atoms with Crippen LogP contribution in [0.2, 0.25) is 5.02 Å². The van der Waals surface area contributed by atoms with Crippen molar-refractivity contribution in [3.8, 4) is 22.6 Å². The second kappa shape index (κ2) is 8.29. The molecule has 0 spiro atoms. The molecule has 11 heteroatoms. The van der Waals surface area contributed by atoms with Crippen LogP contribution in [0.15, 0.2) is 23.1 Å². The molecule has 164 valence electrons. The maximum atomic E-state index is 15.1. The summed E-state index contributed by atoms with van der Waals surface area (Å²) < 4.78 is 32.0. The Labute approximate surface area is 181 Å². The highest BCUT2D eigenvalue weighted by atomic mass is 35.5.